The fourth-order valence-corrected chi connectivity index (χ4v) is 3.70. The number of anilines is 1. The number of ether oxygens (including phenoxy) is 1. The first-order valence-electron chi connectivity index (χ1n) is 8.10. The van der Waals surface area contributed by atoms with E-state index in [4.69, 9.17) is 10.5 Å². The number of amides is 2. The van der Waals surface area contributed by atoms with E-state index in [-0.39, 0.29) is 17.1 Å². The van der Waals surface area contributed by atoms with Crippen LogP contribution in [-0.2, 0) is 26.0 Å². The second kappa shape index (κ2) is 8.81. The number of sulfonamides is 1. The van der Waals surface area contributed by atoms with Crippen LogP contribution in [0.5, 0.6) is 5.75 Å². The van der Waals surface area contributed by atoms with E-state index in [2.05, 4.69) is 5.32 Å². The number of nitrogens with zero attached hydrogens (tertiary/aromatic N) is 1. The smallest absolute Gasteiger partial charge is 0.247 e. The van der Waals surface area contributed by atoms with Crippen molar-refractivity contribution < 1.29 is 27.1 Å². The van der Waals surface area contributed by atoms with Gasteiger partial charge in [-0.2, -0.15) is 4.31 Å². The molecule has 2 aromatic rings. The normalized spacial score (nSPS) is 11.3. The van der Waals surface area contributed by atoms with Crippen LogP contribution in [0.2, 0.25) is 0 Å². The highest BCUT2D eigenvalue weighted by Crippen LogP contribution is 2.26. The van der Waals surface area contributed by atoms with Gasteiger partial charge < -0.3 is 15.8 Å². The van der Waals surface area contributed by atoms with Crippen molar-refractivity contribution in [2.75, 3.05) is 26.0 Å². The number of benzene rings is 2. The number of hydrogen-bond acceptors (Lipinski definition) is 5. The molecule has 2 aromatic carbocycles. The fourth-order valence-electron chi connectivity index (χ4n) is 2.41. The van der Waals surface area contributed by atoms with Gasteiger partial charge in [-0.1, -0.05) is 12.1 Å². The summed E-state index contributed by atoms with van der Waals surface area (Å²) in [7, 11) is -1.69. The molecule has 2 rings (SSSR count). The molecule has 0 atom stereocenters. The van der Waals surface area contributed by atoms with Gasteiger partial charge in [0.05, 0.1) is 20.1 Å². The number of primary amides is 1. The van der Waals surface area contributed by atoms with Gasteiger partial charge >= 0.3 is 0 Å². The molecule has 2 amide bonds. The molecule has 3 N–H and O–H groups in total. The molecule has 10 heteroatoms. The van der Waals surface area contributed by atoms with E-state index in [1.807, 2.05) is 0 Å². The zero-order chi connectivity index (χ0) is 20.9. The molecule has 0 spiro atoms. The lowest BCUT2D eigenvalue weighted by Gasteiger charge is -2.18. The summed E-state index contributed by atoms with van der Waals surface area (Å²) in [4.78, 5) is 22.7. The Morgan fingerprint density at radius 1 is 1.18 bits per heavy atom. The molecule has 150 valence electrons. The first-order valence-corrected chi connectivity index (χ1v) is 9.54. The third kappa shape index (κ3) is 5.27. The summed E-state index contributed by atoms with van der Waals surface area (Å²) < 4.78 is 44.6. The van der Waals surface area contributed by atoms with Gasteiger partial charge in [0.25, 0.3) is 0 Å². The Labute approximate surface area is 162 Å². The minimum atomic E-state index is -4.16. The average molecular weight is 409 g/mol. The highest BCUT2D eigenvalue weighted by atomic mass is 32.2. The van der Waals surface area contributed by atoms with Crippen molar-refractivity contribution in [2.45, 2.75) is 11.3 Å². The minimum Gasteiger partial charge on any atom is -0.495 e. The maximum atomic E-state index is 13.5. The van der Waals surface area contributed by atoms with Crippen molar-refractivity contribution in [1.82, 2.24) is 4.31 Å². The number of carbonyl (C=O) groups is 2. The number of nitrogens with two attached hydrogens (primary N) is 1. The summed E-state index contributed by atoms with van der Waals surface area (Å²) in [6.45, 7) is -0.495. The lowest BCUT2D eigenvalue weighted by atomic mass is 10.1. The van der Waals surface area contributed by atoms with E-state index >= 15 is 0 Å². The summed E-state index contributed by atoms with van der Waals surface area (Å²) >= 11 is 0. The molecule has 0 unspecified atom stereocenters. The maximum absolute atomic E-state index is 13.5. The summed E-state index contributed by atoms with van der Waals surface area (Å²) in [5, 5.41) is 2.55. The van der Waals surface area contributed by atoms with Crippen LogP contribution in [0.15, 0.2) is 47.4 Å². The van der Waals surface area contributed by atoms with Crippen molar-refractivity contribution in [3.8, 4) is 5.75 Å². The van der Waals surface area contributed by atoms with Crippen LogP contribution in [0.1, 0.15) is 5.56 Å². The molecule has 8 nitrogen and oxygen atoms in total. The number of methoxy groups -OCH3 is 1. The van der Waals surface area contributed by atoms with Crippen LogP contribution >= 0.6 is 0 Å². The second-order valence-corrected chi connectivity index (χ2v) is 7.96. The van der Waals surface area contributed by atoms with Gasteiger partial charge in [-0.05, 0) is 35.9 Å². The number of rotatable bonds is 8. The molecular weight excluding hydrogens is 389 g/mol. The number of carbonyl (C=O) groups excluding carboxylic acids is 2. The molecule has 0 heterocycles. The molecular formula is C18H20FN3O5S. The van der Waals surface area contributed by atoms with Crippen LogP contribution in [0.3, 0.4) is 0 Å². The number of nitrogens with one attached hydrogen (secondary N) is 1. The Hall–Kier alpha value is -2.98. The SMILES string of the molecule is COc1ccc(F)cc1S(=O)(=O)N(C)CC(=O)Nc1ccc(CC(N)=O)cc1. The van der Waals surface area contributed by atoms with E-state index in [1.165, 1.54) is 20.2 Å². The monoisotopic (exact) mass is 409 g/mol. The van der Waals surface area contributed by atoms with Crippen LogP contribution in [0.4, 0.5) is 10.1 Å². The first-order chi connectivity index (χ1) is 13.1. The Bertz CT molecular complexity index is 977. The van der Waals surface area contributed by atoms with Crippen LogP contribution in [-0.4, -0.2) is 45.2 Å². The highest BCUT2D eigenvalue weighted by molar-refractivity contribution is 7.89. The van der Waals surface area contributed by atoms with Crippen molar-refractivity contribution in [2.24, 2.45) is 5.73 Å². The standard InChI is InChI=1S/C18H20FN3O5S/c1-22(28(25,26)16-10-13(19)5-8-15(16)27-2)11-18(24)21-14-6-3-12(4-7-14)9-17(20)23/h3-8,10H,9,11H2,1-2H3,(H2,20,23)(H,21,24). The van der Waals surface area contributed by atoms with Crippen LogP contribution in [0, 0.1) is 5.82 Å². The Balaban J connectivity index is 2.09. The summed E-state index contributed by atoms with van der Waals surface area (Å²) in [5.41, 5.74) is 6.22. The van der Waals surface area contributed by atoms with Crippen molar-refractivity contribution in [3.63, 3.8) is 0 Å². The van der Waals surface area contributed by atoms with Crippen molar-refractivity contribution in [3.05, 3.63) is 53.8 Å². The van der Waals surface area contributed by atoms with E-state index in [0.29, 0.717) is 11.3 Å². The zero-order valence-corrected chi connectivity index (χ0v) is 16.1. The molecule has 0 fully saturated rings. The minimum absolute atomic E-state index is 0.0290. The number of likely N-dealkylation sites (N-methyl/N-ethyl adjacent to an activating group) is 1. The van der Waals surface area contributed by atoms with Gasteiger partial charge in [-0.15, -0.1) is 0 Å². The Morgan fingerprint density at radius 3 is 2.39 bits per heavy atom. The maximum Gasteiger partial charge on any atom is 0.247 e. The highest BCUT2D eigenvalue weighted by Gasteiger charge is 2.27. The van der Waals surface area contributed by atoms with Gasteiger partial charge in [0.15, 0.2) is 0 Å². The summed E-state index contributed by atoms with van der Waals surface area (Å²) in [6, 6.07) is 9.49. The molecule has 0 saturated heterocycles. The molecule has 0 aromatic heterocycles. The van der Waals surface area contributed by atoms with Crippen molar-refractivity contribution in [1.29, 1.82) is 0 Å². The van der Waals surface area contributed by atoms with Crippen LogP contribution in [0.25, 0.3) is 0 Å². The molecule has 0 aliphatic carbocycles. The molecule has 0 bridgehead atoms. The third-order valence-electron chi connectivity index (χ3n) is 3.80. The lowest BCUT2D eigenvalue weighted by Crippen LogP contribution is -2.35. The predicted octanol–water partition coefficient (Wildman–Crippen LogP) is 1.12. The van der Waals surface area contributed by atoms with Gasteiger partial charge in [0, 0.05) is 12.7 Å². The summed E-state index contributed by atoms with van der Waals surface area (Å²) in [6.07, 6.45) is 0.0741. The number of hydrogen-bond donors (Lipinski definition) is 2. The first kappa shape index (κ1) is 21.3. The van der Waals surface area contributed by atoms with Crippen molar-refractivity contribution >= 4 is 27.5 Å². The average Bonchev–Trinajstić information content (AvgIpc) is 2.62. The summed E-state index contributed by atoms with van der Waals surface area (Å²) in [5.74, 6) is -1.84. The number of halogens is 1. The lowest BCUT2D eigenvalue weighted by molar-refractivity contribution is -0.117. The molecule has 0 aliphatic rings. The van der Waals surface area contributed by atoms with Gasteiger partial charge in [0.2, 0.25) is 21.8 Å². The predicted molar refractivity (Wildman–Crippen MR) is 101 cm³/mol. The fraction of sp³-hybridized carbons (Fsp3) is 0.222. The van der Waals surface area contributed by atoms with Gasteiger partial charge in [-0.3, -0.25) is 9.59 Å². The van der Waals surface area contributed by atoms with Crippen LogP contribution < -0.4 is 15.8 Å². The topological polar surface area (TPSA) is 119 Å². The second-order valence-electron chi connectivity index (χ2n) is 5.94. The Kier molecular flexibility index (Phi) is 6.71. The van der Waals surface area contributed by atoms with E-state index in [1.54, 1.807) is 24.3 Å². The molecule has 28 heavy (non-hydrogen) atoms. The van der Waals surface area contributed by atoms with E-state index in [9.17, 15) is 22.4 Å². The van der Waals surface area contributed by atoms with Gasteiger partial charge in [-0.25, -0.2) is 12.8 Å². The largest absolute Gasteiger partial charge is 0.495 e. The zero-order valence-electron chi connectivity index (χ0n) is 15.3. The molecule has 0 saturated carbocycles. The quantitative estimate of drug-likeness (QED) is 0.677. The molecule has 0 aliphatic heterocycles. The van der Waals surface area contributed by atoms with Gasteiger partial charge in [0.1, 0.15) is 16.5 Å². The third-order valence-corrected chi connectivity index (χ3v) is 5.62. The van der Waals surface area contributed by atoms with E-state index in [0.717, 1.165) is 16.4 Å². The Morgan fingerprint density at radius 2 is 1.82 bits per heavy atom. The molecule has 0 radical (unpaired) electrons. The van der Waals surface area contributed by atoms with E-state index < -0.39 is 34.2 Å².